The summed E-state index contributed by atoms with van der Waals surface area (Å²) in [6.07, 6.45) is 8.13. The lowest BCUT2D eigenvalue weighted by molar-refractivity contribution is 0.252. The monoisotopic (exact) mass is 884 g/mol. The number of amides is 4. The van der Waals surface area contributed by atoms with E-state index in [-0.39, 0.29) is 0 Å². The summed E-state index contributed by atoms with van der Waals surface area (Å²) in [7, 11) is 0. The third kappa shape index (κ3) is 10.4. The topological polar surface area (TPSA) is 155 Å². The molecule has 4 aliphatic heterocycles. The highest BCUT2D eigenvalue weighted by atomic mass is 32.1. The van der Waals surface area contributed by atoms with Gasteiger partial charge in [0.15, 0.2) is 0 Å². The normalized spacial score (nSPS) is 16.2. The van der Waals surface area contributed by atoms with Crippen LogP contribution in [0.4, 0.5) is 32.3 Å². The van der Waals surface area contributed by atoms with Gasteiger partial charge in [-0.3, -0.25) is 9.80 Å². The minimum Gasteiger partial charge on any atom is -0.493 e. The van der Waals surface area contributed by atoms with Crippen LogP contribution in [-0.2, 0) is 25.7 Å². The van der Waals surface area contributed by atoms with Gasteiger partial charge >= 0.3 is 12.1 Å². The van der Waals surface area contributed by atoms with Gasteiger partial charge < -0.3 is 45.8 Å². The first-order valence-corrected chi connectivity index (χ1v) is 23.8. The average Bonchev–Trinajstić information content (AvgIpc) is 4.13. The summed E-state index contributed by atoms with van der Waals surface area (Å²) in [6, 6.07) is 28.1. The fraction of sp³-hybridized carbons (Fsp3) is 0.400. The van der Waals surface area contributed by atoms with Crippen molar-refractivity contribution in [3.8, 4) is 11.5 Å². The van der Waals surface area contributed by atoms with Gasteiger partial charge in [0.2, 0.25) is 0 Å². The van der Waals surface area contributed by atoms with E-state index in [1.165, 1.54) is 32.1 Å². The van der Waals surface area contributed by atoms with Crippen molar-refractivity contribution >= 4 is 67.2 Å². The van der Waals surface area contributed by atoms with E-state index >= 15 is 0 Å². The number of piperazine rings is 2. The number of nitrogens with one attached hydrogen (secondary N) is 2. The number of para-hydroxylation sites is 1. The molecule has 4 aliphatic rings. The third-order valence-electron chi connectivity index (χ3n) is 12.9. The zero-order chi connectivity index (χ0) is 43.8. The average molecular weight is 885 g/mol. The Kier molecular flexibility index (Phi) is 13.7. The number of unbranched alkanes of at least 4 members (excludes halogenated alkanes) is 2. The van der Waals surface area contributed by atoms with Crippen LogP contribution < -0.4 is 41.4 Å². The molecule has 4 amide bonds. The first-order chi connectivity index (χ1) is 31.3. The summed E-state index contributed by atoms with van der Waals surface area (Å²) >= 11 is 1.76. The molecule has 336 valence electrons. The smallest absolute Gasteiger partial charge is 0.316 e. The number of rotatable bonds is 14. The first-order valence-electron chi connectivity index (χ1n) is 22.9. The van der Waals surface area contributed by atoms with Crippen LogP contribution in [0, 0.1) is 0 Å². The molecule has 2 saturated heterocycles. The molecule has 2 fully saturated rings. The maximum absolute atomic E-state index is 11.5. The van der Waals surface area contributed by atoms with Gasteiger partial charge in [0.1, 0.15) is 22.8 Å². The van der Waals surface area contributed by atoms with Gasteiger partial charge in [-0.15, -0.1) is 11.3 Å². The van der Waals surface area contributed by atoms with E-state index < -0.39 is 12.1 Å². The summed E-state index contributed by atoms with van der Waals surface area (Å²) in [5.41, 5.74) is 18.5. The standard InChI is InChI=1S/C25H30N4O3.C25H30N4O2S/c2*26-25(30)27-24-20-5-1-2-6-22(20)32-23(24)7-3-4-11-28-12-14-29(15-13-28)19-8-9-21-18(17-19)10-16-31-21/h2*1-2,5-6,8-9,17H,3-4,7,10-16H2,(H3,26,27,30). The number of carbonyl (C=O) groups excluding carboxylic acids is 2. The second-order valence-electron chi connectivity index (χ2n) is 17.1. The van der Waals surface area contributed by atoms with Gasteiger partial charge in [0.25, 0.3) is 0 Å². The van der Waals surface area contributed by atoms with Gasteiger partial charge in [0.05, 0.1) is 24.6 Å². The molecule has 2 aromatic heterocycles. The number of fused-ring (bicyclic) bond motifs is 4. The van der Waals surface area contributed by atoms with Crippen LogP contribution in [0.5, 0.6) is 11.5 Å². The number of nitrogens with two attached hydrogens (primary N) is 2. The molecule has 0 radical (unpaired) electrons. The fourth-order valence-electron chi connectivity index (χ4n) is 9.51. The molecule has 0 atom stereocenters. The van der Waals surface area contributed by atoms with E-state index in [0.717, 1.165) is 169 Å². The number of ether oxygens (including phenoxy) is 2. The summed E-state index contributed by atoms with van der Waals surface area (Å²) in [5, 5.41) is 7.57. The zero-order valence-electron chi connectivity index (χ0n) is 36.6. The molecular weight excluding hydrogens is 825 g/mol. The van der Waals surface area contributed by atoms with Crippen LogP contribution >= 0.6 is 11.3 Å². The summed E-state index contributed by atoms with van der Waals surface area (Å²) < 4.78 is 18.4. The molecule has 0 unspecified atom stereocenters. The van der Waals surface area contributed by atoms with Crippen LogP contribution in [0.15, 0.2) is 89.3 Å². The maximum atomic E-state index is 11.5. The predicted molar refractivity (Wildman–Crippen MR) is 259 cm³/mol. The molecule has 0 bridgehead atoms. The lowest BCUT2D eigenvalue weighted by Gasteiger charge is -2.36. The number of nitrogens with zero attached hydrogens (tertiary/aromatic N) is 4. The SMILES string of the molecule is NC(=O)Nc1c(CCCCN2CCN(c3ccc4c(c3)CCO4)CC2)oc2ccccc12.NC(=O)Nc1c(CCCCN2CCN(c3ccc4c(c3)CCO4)CC2)sc2ccccc12. The van der Waals surface area contributed by atoms with Gasteiger partial charge in [-0.2, -0.15) is 0 Å². The Morgan fingerprint density at radius 3 is 1.72 bits per heavy atom. The fourth-order valence-corrected chi connectivity index (χ4v) is 10.7. The number of carbonyl (C=O) groups is 2. The van der Waals surface area contributed by atoms with Crippen molar-refractivity contribution in [3.63, 3.8) is 0 Å². The molecule has 6 aromatic rings. The van der Waals surface area contributed by atoms with Crippen LogP contribution in [0.25, 0.3) is 21.1 Å². The number of aryl methyl sites for hydroxylation is 2. The predicted octanol–water partition coefficient (Wildman–Crippen LogP) is 8.47. The highest BCUT2D eigenvalue weighted by Crippen LogP contribution is 2.37. The second kappa shape index (κ2) is 20.3. The van der Waals surface area contributed by atoms with Crippen molar-refractivity contribution in [2.75, 3.05) is 99.1 Å². The minimum absolute atomic E-state index is 0.497. The largest absolute Gasteiger partial charge is 0.493 e. The summed E-state index contributed by atoms with van der Waals surface area (Å²) in [4.78, 5) is 34.2. The van der Waals surface area contributed by atoms with Crippen LogP contribution in [0.2, 0.25) is 0 Å². The molecule has 6 N–H and O–H groups in total. The van der Waals surface area contributed by atoms with E-state index in [2.05, 4.69) is 72.7 Å². The van der Waals surface area contributed by atoms with Gasteiger partial charge in [-0.05, 0) is 111 Å². The van der Waals surface area contributed by atoms with E-state index in [4.69, 9.17) is 25.4 Å². The van der Waals surface area contributed by atoms with Gasteiger partial charge in [0, 0.05) is 103 Å². The molecular formula is C50H60N8O5S. The summed E-state index contributed by atoms with van der Waals surface area (Å²) in [5.74, 6) is 2.90. The highest BCUT2D eigenvalue weighted by molar-refractivity contribution is 7.19. The van der Waals surface area contributed by atoms with E-state index in [1.807, 2.05) is 42.5 Å². The quantitative estimate of drug-likeness (QED) is 0.0789. The van der Waals surface area contributed by atoms with Crippen LogP contribution in [-0.4, -0.2) is 101 Å². The van der Waals surface area contributed by atoms with Crippen LogP contribution in [0.3, 0.4) is 0 Å². The van der Waals surface area contributed by atoms with Crippen molar-refractivity contribution in [3.05, 3.63) is 107 Å². The van der Waals surface area contributed by atoms with Crippen molar-refractivity contribution in [2.24, 2.45) is 11.5 Å². The highest BCUT2D eigenvalue weighted by Gasteiger charge is 2.22. The van der Waals surface area contributed by atoms with E-state index in [1.54, 1.807) is 11.3 Å². The number of urea groups is 2. The van der Waals surface area contributed by atoms with Gasteiger partial charge in [-0.25, -0.2) is 9.59 Å². The first kappa shape index (κ1) is 43.3. The Hall–Kier alpha value is -5.96. The lowest BCUT2D eigenvalue weighted by atomic mass is 10.1. The second-order valence-corrected chi connectivity index (χ2v) is 18.3. The molecule has 14 heteroatoms. The molecule has 6 heterocycles. The Morgan fingerprint density at radius 1 is 0.594 bits per heavy atom. The minimum atomic E-state index is -0.563. The number of thiophene rings is 1. The molecule has 64 heavy (non-hydrogen) atoms. The number of primary amides is 2. The lowest BCUT2D eigenvalue weighted by Crippen LogP contribution is -2.46. The van der Waals surface area contributed by atoms with E-state index in [9.17, 15) is 9.59 Å². The molecule has 0 aliphatic carbocycles. The maximum Gasteiger partial charge on any atom is 0.316 e. The number of hydrogen-bond acceptors (Lipinski definition) is 10. The molecule has 10 rings (SSSR count). The van der Waals surface area contributed by atoms with Crippen molar-refractivity contribution in [1.82, 2.24) is 9.80 Å². The number of furan rings is 1. The van der Waals surface area contributed by atoms with Crippen molar-refractivity contribution in [1.29, 1.82) is 0 Å². The third-order valence-corrected chi connectivity index (χ3v) is 14.1. The number of hydrogen-bond donors (Lipinski definition) is 4. The van der Waals surface area contributed by atoms with Crippen LogP contribution in [0.1, 0.15) is 47.4 Å². The molecule has 0 spiro atoms. The van der Waals surface area contributed by atoms with Crippen molar-refractivity contribution < 1.29 is 23.5 Å². The van der Waals surface area contributed by atoms with Gasteiger partial charge in [-0.1, -0.05) is 30.3 Å². The molecule has 4 aromatic carbocycles. The Balaban J connectivity index is 0.000000162. The van der Waals surface area contributed by atoms with E-state index in [0.29, 0.717) is 5.69 Å². The van der Waals surface area contributed by atoms with Crippen molar-refractivity contribution in [2.45, 2.75) is 51.4 Å². The Morgan fingerprint density at radius 2 is 1.12 bits per heavy atom. The number of benzene rings is 4. The Bertz CT molecular complexity index is 2380. The molecule has 13 nitrogen and oxygen atoms in total. The number of anilines is 4. The molecule has 0 saturated carbocycles. The summed E-state index contributed by atoms with van der Waals surface area (Å²) in [6.45, 7) is 12.4. The zero-order valence-corrected chi connectivity index (χ0v) is 37.4. The Labute approximate surface area is 379 Å².